The SMILES string of the molecule is CC1=C(C)C[C-]=C1.[C-]1=CC=CC1.[CH2]=[Zr+2].[Cl-].[Cl-]. The number of rotatable bonds is 0. The van der Waals surface area contributed by atoms with Crippen molar-refractivity contribution < 1.29 is 49.0 Å². The molecule has 2 aliphatic carbocycles. The van der Waals surface area contributed by atoms with Gasteiger partial charge in [0.15, 0.2) is 0 Å². The van der Waals surface area contributed by atoms with E-state index in [4.69, 9.17) is 0 Å². The summed E-state index contributed by atoms with van der Waals surface area (Å²) in [6.45, 7) is 4.27. The third kappa shape index (κ3) is 10.8. The van der Waals surface area contributed by atoms with Gasteiger partial charge in [-0.15, -0.1) is 19.8 Å². The van der Waals surface area contributed by atoms with E-state index >= 15 is 0 Å². The molecule has 0 nitrogen and oxygen atoms in total. The first-order chi connectivity index (χ1) is 6.80. The van der Waals surface area contributed by atoms with E-state index in [0.717, 1.165) is 12.8 Å². The molecule has 2 rings (SSSR count). The van der Waals surface area contributed by atoms with Crippen molar-refractivity contribution in [1.82, 2.24) is 0 Å². The minimum absolute atomic E-state index is 0. The minimum atomic E-state index is 0. The zero-order chi connectivity index (χ0) is 10.8. The number of hydrogen-bond donors (Lipinski definition) is 0. The van der Waals surface area contributed by atoms with Crippen LogP contribution in [0.1, 0.15) is 26.7 Å². The Bertz CT molecular complexity index is 266. The molecule has 0 spiro atoms. The van der Waals surface area contributed by atoms with Crippen LogP contribution in [0, 0.1) is 12.2 Å². The maximum atomic E-state index is 3.34. The molecule has 16 heavy (non-hydrogen) atoms. The van der Waals surface area contributed by atoms with Crippen molar-refractivity contribution in [2.75, 3.05) is 0 Å². The first kappa shape index (κ1) is 21.6. The molecule has 0 fully saturated rings. The van der Waals surface area contributed by atoms with E-state index in [-0.39, 0.29) is 24.8 Å². The molecule has 0 N–H and O–H groups in total. The molecule has 0 amide bonds. The number of hydrogen-bond acceptors (Lipinski definition) is 0. The van der Waals surface area contributed by atoms with E-state index in [1.54, 1.807) is 0 Å². The maximum absolute atomic E-state index is 3.34. The third-order valence-corrected chi connectivity index (χ3v) is 1.94. The fourth-order valence-corrected chi connectivity index (χ4v) is 0.960. The average molecular weight is 334 g/mol. The van der Waals surface area contributed by atoms with Gasteiger partial charge in [-0.2, -0.15) is 11.6 Å². The van der Waals surface area contributed by atoms with Crippen molar-refractivity contribution in [3.63, 3.8) is 0 Å². The summed E-state index contributed by atoms with van der Waals surface area (Å²) in [6, 6.07) is 0. The molecule has 0 aromatic heterocycles. The van der Waals surface area contributed by atoms with Gasteiger partial charge in [0, 0.05) is 0 Å². The van der Waals surface area contributed by atoms with Crippen LogP contribution in [0.25, 0.3) is 0 Å². The zero-order valence-corrected chi connectivity index (χ0v) is 13.7. The van der Waals surface area contributed by atoms with E-state index < -0.39 is 0 Å². The van der Waals surface area contributed by atoms with Crippen molar-refractivity contribution in [1.29, 1.82) is 0 Å². The van der Waals surface area contributed by atoms with Gasteiger partial charge in [-0.25, -0.2) is 23.8 Å². The molecule has 0 aliphatic heterocycles. The Labute approximate surface area is 127 Å². The van der Waals surface area contributed by atoms with Gasteiger partial charge < -0.3 is 24.8 Å². The first-order valence-corrected chi connectivity index (χ1v) is 6.34. The summed E-state index contributed by atoms with van der Waals surface area (Å²) >= 11 is 1.30. The van der Waals surface area contributed by atoms with Crippen LogP contribution in [0.2, 0.25) is 0 Å². The van der Waals surface area contributed by atoms with Crippen LogP contribution in [-0.4, -0.2) is 4.21 Å². The van der Waals surface area contributed by atoms with Crippen LogP contribution in [0.5, 0.6) is 0 Å². The summed E-state index contributed by atoms with van der Waals surface area (Å²) in [5.74, 6) is 0. The number of halogens is 2. The van der Waals surface area contributed by atoms with Crippen molar-refractivity contribution in [3.05, 3.63) is 47.6 Å². The Morgan fingerprint density at radius 3 is 1.94 bits per heavy atom. The molecule has 0 heterocycles. The molecule has 0 aromatic rings. The standard InChI is InChI=1S/C7H9.C5H5.CH2.2ClH.Zr/c1-6-4-3-5-7(6)2;1-2-4-5-3-1;;;;/h4H,5H2,1-2H3;1-3H,4H2;1H2;2*1H;/q2*-1;;;;+2/p-2. The fourth-order valence-electron chi connectivity index (χ4n) is 0.960. The molecule has 0 bridgehead atoms. The van der Waals surface area contributed by atoms with Crippen molar-refractivity contribution in [3.8, 4) is 0 Å². The summed E-state index contributed by atoms with van der Waals surface area (Å²) in [7, 11) is 0. The van der Waals surface area contributed by atoms with Gasteiger partial charge in [0.1, 0.15) is 0 Å². The van der Waals surface area contributed by atoms with Crippen LogP contribution in [0.15, 0.2) is 35.5 Å². The maximum Gasteiger partial charge on any atom is -1.00 e. The number of allylic oxidation sites excluding steroid dienone is 8. The quantitative estimate of drug-likeness (QED) is 0.425. The average Bonchev–Trinajstić information content (AvgIpc) is 2.86. The molecule has 0 saturated carbocycles. The Kier molecular flexibility index (Phi) is 20.6. The van der Waals surface area contributed by atoms with Crippen LogP contribution >= 0.6 is 0 Å². The topological polar surface area (TPSA) is 0 Å². The van der Waals surface area contributed by atoms with Crippen molar-refractivity contribution in [2.24, 2.45) is 0 Å². The minimum Gasteiger partial charge on any atom is -1.00 e. The molecule has 0 atom stereocenters. The van der Waals surface area contributed by atoms with Gasteiger partial charge in [0.05, 0.1) is 0 Å². The molecular formula is C13H16Cl2Zr-2. The molecule has 3 heteroatoms. The van der Waals surface area contributed by atoms with Gasteiger partial charge in [0.2, 0.25) is 0 Å². The van der Waals surface area contributed by atoms with Crippen LogP contribution < -0.4 is 24.8 Å². The van der Waals surface area contributed by atoms with E-state index in [0.29, 0.717) is 0 Å². The van der Waals surface area contributed by atoms with Gasteiger partial charge in [-0.1, -0.05) is 6.92 Å². The fraction of sp³-hybridized carbons (Fsp3) is 0.308. The largest absolute Gasteiger partial charge is 1.00 e. The summed E-state index contributed by atoms with van der Waals surface area (Å²) in [4.78, 5) is 0. The molecule has 0 saturated heterocycles. The monoisotopic (exact) mass is 332 g/mol. The normalized spacial score (nSPS) is 14.2. The van der Waals surface area contributed by atoms with Gasteiger partial charge >= 0.3 is 28.4 Å². The van der Waals surface area contributed by atoms with Gasteiger partial charge in [-0.3, -0.25) is 12.2 Å². The molecule has 2 aliphatic rings. The van der Waals surface area contributed by atoms with Crippen LogP contribution in [0.3, 0.4) is 0 Å². The molecule has 88 valence electrons. The Morgan fingerprint density at radius 1 is 1.19 bits per heavy atom. The second-order valence-corrected chi connectivity index (χ2v) is 2.99. The second-order valence-electron chi connectivity index (χ2n) is 2.99. The Morgan fingerprint density at radius 2 is 1.81 bits per heavy atom. The molecule has 0 aromatic carbocycles. The first-order valence-electron chi connectivity index (χ1n) is 4.61. The Balaban J connectivity index is -0.000000169. The Hall–Kier alpha value is 0.293. The smallest absolute Gasteiger partial charge is 1.00 e. The van der Waals surface area contributed by atoms with E-state index in [9.17, 15) is 0 Å². The zero-order valence-electron chi connectivity index (χ0n) is 9.69. The van der Waals surface area contributed by atoms with Crippen LogP contribution in [-0.2, 0) is 24.2 Å². The summed E-state index contributed by atoms with van der Waals surface area (Å²) in [5, 5.41) is 0. The molecule has 0 unspecified atom stereocenters. The van der Waals surface area contributed by atoms with Crippen molar-refractivity contribution in [2.45, 2.75) is 26.7 Å². The third-order valence-electron chi connectivity index (χ3n) is 1.94. The van der Waals surface area contributed by atoms with E-state index in [1.165, 1.54) is 35.4 Å². The summed E-state index contributed by atoms with van der Waals surface area (Å²) in [5.41, 5.74) is 2.85. The molecular weight excluding hydrogens is 318 g/mol. The second kappa shape index (κ2) is 15.3. The van der Waals surface area contributed by atoms with E-state index in [2.05, 4.69) is 42.4 Å². The predicted octanol–water partition coefficient (Wildman–Crippen LogP) is -2.64. The van der Waals surface area contributed by atoms with Gasteiger partial charge in [-0.05, 0) is 0 Å². The summed E-state index contributed by atoms with van der Waals surface area (Å²) in [6.07, 6.45) is 16.2. The van der Waals surface area contributed by atoms with Crippen LogP contribution in [0.4, 0.5) is 0 Å². The molecule has 0 radical (unpaired) electrons. The van der Waals surface area contributed by atoms with Gasteiger partial charge in [0.25, 0.3) is 0 Å². The van der Waals surface area contributed by atoms with E-state index in [1.807, 2.05) is 12.2 Å². The predicted molar refractivity (Wildman–Crippen MR) is 59.5 cm³/mol. The summed E-state index contributed by atoms with van der Waals surface area (Å²) < 4.78 is 3.34. The van der Waals surface area contributed by atoms with Crippen molar-refractivity contribution >= 4 is 4.21 Å².